The normalized spacial score (nSPS) is 32.2. The van der Waals surface area contributed by atoms with Crippen LogP contribution >= 0.6 is 0 Å². The molecule has 1 fully saturated rings. The Morgan fingerprint density at radius 1 is 1.64 bits per heavy atom. The van der Waals surface area contributed by atoms with E-state index in [4.69, 9.17) is 5.11 Å². The molecule has 0 amide bonds. The van der Waals surface area contributed by atoms with Crippen molar-refractivity contribution in [3.63, 3.8) is 0 Å². The third-order valence-corrected chi connectivity index (χ3v) is 1.92. The summed E-state index contributed by atoms with van der Waals surface area (Å²) in [5.74, 6) is -2.87. The van der Waals surface area contributed by atoms with E-state index < -0.39 is 5.92 Å². The molecule has 2 nitrogen and oxygen atoms in total. The molecule has 0 aromatic rings. The van der Waals surface area contributed by atoms with Crippen LogP contribution in [0.15, 0.2) is 0 Å². The summed E-state index contributed by atoms with van der Waals surface area (Å²) >= 11 is 0. The van der Waals surface area contributed by atoms with Crippen LogP contribution in [0.3, 0.4) is 0 Å². The van der Waals surface area contributed by atoms with Crippen LogP contribution in [0.2, 0.25) is 0 Å². The van der Waals surface area contributed by atoms with Gasteiger partial charge in [0.2, 0.25) is 0 Å². The molecular formula is C7H13F2NO. The number of alkyl halides is 2. The van der Waals surface area contributed by atoms with Crippen molar-refractivity contribution >= 4 is 0 Å². The molecule has 0 aromatic carbocycles. The van der Waals surface area contributed by atoms with Crippen molar-refractivity contribution in [3.8, 4) is 0 Å². The van der Waals surface area contributed by atoms with Gasteiger partial charge in [0.15, 0.2) is 0 Å². The average molecular weight is 165 g/mol. The molecule has 0 aliphatic carbocycles. The molecular weight excluding hydrogens is 152 g/mol. The number of rotatable bonds is 1. The first-order valence-corrected chi connectivity index (χ1v) is 3.71. The first-order valence-electron chi connectivity index (χ1n) is 3.71. The zero-order valence-electron chi connectivity index (χ0n) is 6.56. The SMILES string of the molecule is CN1CC(CO)CC(F)(F)C1. The number of piperidine rings is 1. The van der Waals surface area contributed by atoms with Gasteiger partial charge in [-0.05, 0) is 7.05 Å². The van der Waals surface area contributed by atoms with Gasteiger partial charge >= 0.3 is 0 Å². The summed E-state index contributed by atoms with van der Waals surface area (Å²) in [4.78, 5) is 1.56. The molecule has 1 heterocycles. The third-order valence-electron chi connectivity index (χ3n) is 1.92. The van der Waals surface area contributed by atoms with Crippen molar-refractivity contribution in [1.82, 2.24) is 4.90 Å². The number of aliphatic hydroxyl groups is 1. The minimum Gasteiger partial charge on any atom is -0.396 e. The minimum atomic E-state index is -2.61. The number of hydrogen-bond donors (Lipinski definition) is 1. The highest BCUT2D eigenvalue weighted by atomic mass is 19.3. The number of nitrogens with zero attached hydrogens (tertiary/aromatic N) is 1. The van der Waals surface area contributed by atoms with Crippen LogP contribution in [-0.4, -0.2) is 42.7 Å². The summed E-state index contributed by atoms with van der Waals surface area (Å²) in [6.45, 7) is 0.259. The van der Waals surface area contributed by atoms with Gasteiger partial charge in [0, 0.05) is 25.5 Å². The summed E-state index contributed by atoms with van der Waals surface area (Å²) in [5, 5.41) is 8.68. The van der Waals surface area contributed by atoms with E-state index in [2.05, 4.69) is 0 Å². The van der Waals surface area contributed by atoms with Gasteiger partial charge in [-0.3, -0.25) is 0 Å². The maximum Gasteiger partial charge on any atom is 0.260 e. The maximum absolute atomic E-state index is 12.7. The Bertz CT molecular complexity index is 140. The topological polar surface area (TPSA) is 23.5 Å². The Kier molecular flexibility index (Phi) is 2.44. The number of hydrogen-bond acceptors (Lipinski definition) is 2. The average Bonchev–Trinajstić information content (AvgIpc) is 1.83. The van der Waals surface area contributed by atoms with Crippen molar-refractivity contribution in [3.05, 3.63) is 0 Å². The molecule has 1 aliphatic rings. The van der Waals surface area contributed by atoms with Crippen molar-refractivity contribution in [2.75, 3.05) is 26.7 Å². The molecule has 0 bridgehead atoms. The standard InChI is InChI=1S/C7H13F2NO/c1-10-3-6(4-11)2-7(8,9)5-10/h6,11H,2-5H2,1H3. The highest BCUT2D eigenvalue weighted by Crippen LogP contribution is 2.29. The second kappa shape index (κ2) is 3.03. The van der Waals surface area contributed by atoms with Gasteiger partial charge in [0.05, 0.1) is 6.54 Å². The summed E-state index contributed by atoms with van der Waals surface area (Å²) in [5.41, 5.74) is 0. The lowest BCUT2D eigenvalue weighted by Gasteiger charge is -2.34. The molecule has 11 heavy (non-hydrogen) atoms. The van der Waals surface area contributed by atoms with Crippen LogP contribution in [0.4, 0.5) is 8.78 Å². The first kappa shape index (κ1) is 8.87. The van der Waals surface area contributed by atoms with E-state index in [0.29, 0.717) is 6.54 Å². The molecule has 1 N–H and O–H groups in total. The molecule has 0 spiro atoms. The van der Waals surface area contributed by atoms with Gasteiger partial charge in [-0.25, -0.2) is 8.78 Å². The van der Waals surface area contributed by atoms with E-state index in [1.54, 1.807) is 11.9 Å². The van der Waals surface area contributed by atoms with E-state index >= 15 is 0 Å². The van der Waals surface area contributed by atoms with E-state index in [-0.39, 0.29) is 25.5 Å². The van der Waals surface area contributed by atoms with Crippen LogP contribution in [0.1, 0.15) is 6.42 Å². The quantitative estimate of drug-likeness (QED) is 0.614. The zero-order valence-corrected chi connectivity index (χ0v) is 6.56. The minimum absolute atomic E-state index is 0.139. The Morgan fingerprint density at radius 2 is 2.27 bits per heavy atom. The second-order valence-electron chi connectivity index (χ2n) is 3.31. The molecule has 1 saturated heterocycles. The number of aliphatic hydroxyl groups excluding tert-OH is 1. The number of likely N-dealkylation sites (tertiary alicyclic amines) is 1. The molecule has 4 heteroatoms. The first-order chi connectivity index (χ1) is 5.03. The van der Waals surface area contributed by atoms with Crippen LogP contribution < -0.4 is 0 Å². The van der Waals surface area contributed by atoms with Crippen molar-refractivity contribution in [2.45, 2.75) is 12.3 Å². The predicted molar refractivity (Wildman–Crippen MR) is 37.6 cm³/mol. The van der Waals surface area contributed by atoms with Crippen LogP contribution in [0.5, 0.6) is 0 Å². The smallest absolute Gasteiger partial charge is 0.260 e. The van der Waals surface area contributed by atoms with E-state index in [9.17, 15) is 8.78 Å². The lowest BCUT2D eigenvalue weighted by atomic mass is 9.97. The summed E-state index contributed by atoms with van der Waals surface area (Å²) < 4.78 is 25.5. The Balaban J connectivity index is 2.51. The lowest BCUT2D eigenvalue weighted by Crippen LogP contribution is -2.45. The highest BCUT2D eigenvalue weighted by Gasteiger charge is 2.38. The Morgan fingerprint density at radius 3 is 2.73 bits per heavy atom. The fourth-order valence-corrected chi connectivity index (χ4v) is 1.57. The van der Waals surface area contributed by atoms with Gasteiger partial charge in [-0.1, -0.05) is 0 Å². The Labute approximate surface area is 64.8 Å². The zero-order chi connectivity index (χ0) is 8.48. The summed E-state index contributed by atoms with van der Waals surface area (Å²) in [7, 11) is 1.65. The van der Waals surface area contributed by atoms with Gasteiger partial charge in [-0.15, -0.1) is 0 Å². The van der Waals surface area contributed by atoms with Gasteiger partial charge < -0.3 is 10.0 Å². The molecule has 1 unspecified atom stereocenters. The fraction of sp³-hybridized carbons (Fsp3) is 1.00. The molecule has 0 saturated carbocycles. The third kappa shape index (κ3) is 2.38. The molecule has 66 valence electrons. The van der Waals surface area contributed by atoms with E-state index in [1.807, 2.05) is 0 Å². The van der Waals surface area contributed by atoms with Gasteiger partial charge in [-0.2, -0.15) is 0 Å². The molecule has 0 radical (unpaired) electrons. The van der Waals surface area contributed by atoms with Crippen molar-refractivity contribution in [1.29, 1.82) is 0 Å². The molecule has 1 rings (SSSR count). The van der Waals surface area contributed by atoms with Gasteiger partial charge in [0.1, 0.15) is 0 Å². The number of halogens is 2. The van der Waals surface area contributed by atoms with Gasteiger partial charge in [0.25, 0.3) is 5.92 Å². The summed E-state index contributed by atoms with van der Waals surface area (Å²) in [6, 6.07) is 0. The Hall–Kier alpha value is -0.220. The van der Waals surface area contributed by atoms with E-state index in [1.165, 1.54) is 0 Å². The van der Waals surface area contributed by atoms with Crippen molar-refractivity contribution < 1.29 is 13.9 Å². The fourth-order valence-electron chi connectivity index (χ4n) is 1.57. The predicted octanol–water partition coefficient (Wildman–Crippen LogP) is 0.566. The van der Waals surface area contributed by atoms with Crippen LogP contribution in [0, 0.1) is 5.92 Å². The molecule has 0 aromatic heterocycles. The summed E-state index contributed by atoms with van der Waals surface area (Å²) in [6.07, 6.45) is -0.173. The highest BCUT2D eigenvalue weighted by molar-refractivity contribution is 4.82. The lowest BCUT2D eigenvalue weighted by molar-refractivity contribution is -0.0852. The molecule has 1 aliphatic heterocycles. The molecule has 1 atom stereocenters. The van der Waals surface area contributed by atoms with Crippen LogP contribution in [-0.2, 0) is 0 Å². The largest absolute Gasteiger partial charge is 0.396 e. The van der Waals surface area contributed by atoms with Crippen molar-refractivity contribution in [2.24, 2.45) is 5.92 Å². The maximum atomic E-state index is 12.7. The monoisotopic (exact) mass is 165 g/mol. The van der Waals surface area contributed by atoms with E-state index in [0.717, 1.165) is 0 Å². The second-order valence-corrected chi connectivity index (χ2v) is 3.31. The van der Waals surface area contributed by atoms with Crippen LogP contribution in [0.25, 0.3) is 0 Å².